The highest BCUT2D eigenvalue weighted by Gasteiger charge is 2.19. The van der Waals surface area contributed by atoms with Crippen LogP contribution in [0.25, 0.3) is 22.4 Å². The molecule has 0 aliphatic heterocycles. The van der Waals surface area contributed by atoms with Crippen LogP contribution >= 0.6 is 11.8 Å². The fourth-order valence-electron chi connectivity index (χ4n) is 3.62. The number of hydrogen-bond donors (Lipinski definition) is 1. The first-order valence-corrected chi connectivity index (χ1v) is 11.8. The zero-order valence-electron chi connectivity index (χ0n) is 19.2. The molecule has 1 N–H and O–H groups in total. The van der Waals surface area contributed by atoms with E-state index in [0.717, 1.165) is 39.4 Å². The minimum atomic E-state index is -0.485. The lowest BCUT2D eigenvalue weighted by atomic mass is 10.1. The number of carbonyl (C=O) groups excluding carboxylic acids is 1. The molecule has 2 aromatic heterocycles. The summed E-state index contributed by atoms with van der Waals surface area (Å²) in [5.41, 5.74) is 2.23. The normalized spacial score (nSPS) is 11.0. The topological polar surface area (TPSA) is 98.9 Å². The smallest absolute Gasteiger partial charge is 0.332 e. The van der Waals surface area contributed by atoms with Crippen LogP contribution in [0.5, 0.6) is 0 Å². The minimum Gasteiger partial charge on any atom is -0.355 e. The first kappa shape index (κ1) is 23.4. The molecule has 1 amide bonds. The van der Waals surface area contributed by atoms with Crippen molar-refractivity contribution in [3.05, 3.63) is 86.6 Å². The number of fused-ring (bicyclic) bond motifs is 1. The number of aromatic nitrogens is 4. The quantitative estimate of drug-likeness (QED) is 0.326. The molecule has 0 saturated carbocycles. The molecule has 8 nitrogen and oxygen atoms in total. The second kappa shape index (κ2) is 10.0. The number of benzene rings is 2. The Kier molecular flexibility index (Phi) is 6.93. The summed E-state index contributed by atoms with van der Waals surface area (Å²) < 4.78 is 2.36. The maximum absolute atomic E-state index is 13.0. The summed E-state index contributed by atoms with van der Waals surface area (Å²) >= 11 is 1.16. The second-order valence-corrected chi connectivity index (χ2v) is 8.96. The van der Waals surface area contributed by atoms with Crippen LogP contribution in [-0.4, -0.2) is 37.3 Å². The number of carbonyl (C=O) groups is 1. The van der Waals surface area contributed by atoms with Gasteiger partial charge in [-0.05, 0) is 25.0 Å². The zero-order valence-corrected chi connectivity index (χ0v) is 20.1. The van der Waals surface area contributed by atoms with Gasteiger partial charge in [-0.15, -0.1) is 0 Å². The van der Waals surface area contributed by atoms with Crippen LogP contribution in [0.2, 0.25) is 0 Å². The molecule has 174 valence electrons. The van der Waals surface area contributed by atoms with Crippen LogP contribution < -0.4 is 16.6 Å². The molecule has 34 heavy (non-hydrogen) atoms. The second-order valence-electron chi connectivity index (χ2n) is 8.00. The van der Waals surface area contributed by atoms with Gasteiger partial charge in [0.15, 0.2) is 11.5 Å². The van der Waals surface area contributed by atoms with Gasteiger partial charge in [0, 0.05) is 26.2 Å². The third-order valence-corrected chi connectivity index (χ3v) is 6.44. The summed E-state index contributed by atoms with van der Waals surface area (Å²) in [6, 6.07) is 17.6. The molecule has 0 aliphatic carbocycles. The minimum absolute atomic E-state index is 0.0835. The van der Waals surface area contributed by atoms with Crippen LogP contribution in [0.15, 0.2) is 69.2 Å². The average molecular weight is 476 g/mol. The van der Waals surface area contributed by atoms with Gasteiger partial charge in [0.05, 0.1) is 5.75 Å². The van der Waals surface area contributed by atoms with Gasteiger partial charge < -0.3 is 5.32 Å². The van der Waals surface area contributed by atoms with E-state index in [4.69, 9.17) is 0 Å². The molecule has 0 unspecified atom stereocenters. The monoisotopic (exact) mass is 475 g/mol. The number of hydrogen-bond acceptors (Lipinski definition) is 6. The largest absolute Gasteiger partial charge is 0.355 e. The maximum Gasteiger partial charge on any atom is 0.332 e. The van der Waals surface area contributed by atoms with E-state index in [1.54, 1.807) is 7.05 Å². The van der Waals surface area contributed by atoms with Gasteiger partial charge in [0.2, 0.25) is 5.91 Å². The molecular weight excluding hydrogens is 450 g/mol. The van der Waals surface area contributed by atoms with Gasteiger partial charge in [0.25, 0.3) is 5.56 Å². The Bertz CT molecular complexity index is 1480. The first-order valence-electron chi connectivity index (χ1n) is 10.8. The van der Waals surface area contributed by atoms with Crippen LogP contribution in [0.3, 0.4) is 0 Å². The highest BCUT2D eigenvalue weighted by molar-refractivity contribution is 8.00. The van der Waals surface area contributed by atoms with Crippen molar-refractivity contribution >= 4 is 28.7 Å². The van der Waals surface area contributed by atoms with E-state index in [0.29, 0.717) is 17.4 Å². The molecule has 0 atom stereocenters. The van der Waals surface area contributed by atoms with Crippen LogP contribution in [-0.2, 0) is 25.3 Å². The van der Waals surface area contributed by atoms with Gasteiger partial charge in [-0.25, -0.2) is 14.8 Å². The van der Waals surface area contributed by atoms with E-state index in [2.05, 4.69) is 15.3 Å². The van der Waals surface area contributed by atoms with Gasteiger partial charge >= 0.3 is 5.69 Å². The molecule has 4 rings (SSSR count). The molecule has 2 aromatic carbocycles. The van der Waals surface area contributed by atoms with E-state index in [-0.39, 0.29) is 22.7 Å². The van der Waals surface area contributed by atoms with Crippen molar-refractivity contribution in [2.24, 2.45) is 14.1 Å². The van der Waals surface area contributed by atoms with E-state index in [1.807, 2.05) is 61.5 Å². The molecule has 0 aliphatic rings. The summed E-state index contributed by atoms with van der Waals surface area (Å²) in [5.74, 6) is 0.318. The van der Waals surface area contributed by atoms with E-state index < -0.39 is 11.2 Å². The highest BCUT2D eigenvalue weighted by atomic mass is 32.2. The van der Waals surface area contributed by atoms with E-state index in [1.165, 1.54) is 11.6 Å². The molecule has 0 bridgehead atoms. The van der Waals surface area contributed by atoms with Crippen molar-refractivity contribution in [1.82, 2.24) is 24.4 Å². The molecule has 0 spiro atoms. The SMILES string of the molecule is Cc1cccc(-c2nc(SCC(=O)NCCc3ccccc3)c3c(=O)n(C)c(=O)n(C)c3n2)c1. The van der Waals surface area contributed by atoms with Crippen LogP contribution in [0.1, 0.15) is 11.1 Å². The third-order valence-electron chi connectivity index (χ3n) is 5.46. The number of rotatable bonds is 7. The molecule has 0 radical (unpaired) electrons. The van der Waals surface area contributed by atoms with Crippen LogP contribution in [0, 0.1) is 6.92 Å². The molecule has 4 aromatic rings. The number of nitrogens with one attached hydrogen (secondary N) is 1. The number of nitrogens with zero attached hydrogens (tertiary/aromatic N) is 4. The summed E-state index contributed by atoms with van der Waals surface area (Å²) in [5, 5.41) is 3.50. The van der Waals surface area contributed by atoms with Gasteiger partial charge in [-0.1, -0.05) is 65.9 Å². The van der Waals surface area contributed by atoms with Crippen LogP contribution in [0.4, 0.5) is 0 Å². The van der Waals surface area contributed by atoms with E-state index in [9.17, 15) is 14.4 Å². The Balaban J connectivity index is 1.64. The summed E-state index contributed by atoms with van der Waals surface area (Å²) in [4.78, 5) is 47.1. The summed E-state index contributed by atoms with van der Waals surface area (Å²) in [7, 11) is 2.99. The number of amides is 1. The maximum atomic E-state index is 13.0. The Hall–Kier alpha value is -3.72. The van der Waals surface area contributed by atoms with Crippen molar-refractivity contribution in [2.75, 3.05) is 12.3 Å². The third kappa shape index (κ3) is 4.94. The fourth-order valence-corrected chi connectivity index (χ4v) is 4.47. The Morgan fingerprint density at radius 3 is 2.50 bits per heavy atom. The standard InChI is InChI=1S/C25H25N5O3S/c1-16-8-7-11-18(14-16)21-27-22-20(24(32)30(3)25(33)29(22)2)23(28-21)34-15-19(31)26-13-12-17-9-5-4-6-10-17/h4-11,14H,12-13,15H2,1-3H3,(H,26,31). The lowest BCUT2D eigenvalue weighted by molar-refractivity contribution is -0.118. The highest BCUT2D eigenvalue weighted by Crippen LogP contribution is 2.26. The molecule has 9 heteroatoms. The lowest BCUT2D eigenvalue weighted by Gasteiger charge is -2.12. The zero-order chi connectivity index (χ0) is 24.2. The lowest BCUT2D eigenvalue weighted by Crippen LogP contribution is -2.37. The van der Waals surface area contributed by atoms with Crippen molar-refractivity contribution in [3.8, 4) is 11.4 Å². The number of aryl methyl sites for hydroxylation is 2. The predicted octanol–water partition coefficient (Wildman–Crippen LogP) is 2.45. The van der Waals surface area contributed by atoms with Crippen molar-refractivity contribution in [2.45, 2.75) is 18.4 Å². The Labute approximate surface area is 200 Å². The first-order chi connectivity index (χ1) is 16.3. The number of thioether (sulfide) groups is 1. The van der Waals surface area contributed by atoms with Crippen molar-refractivity contribution in [3.63, 3.8) is 0 Å². The Morgan fingerprint density at radius 2 is 1.76 bits per heavy atom. The van der Waals surface area contributed by atoms with Gasteiger partial charge in [-0.3, -0.25) is 18.7 Å². The Morgan fingerprint density at radius 1 is 1.00 bits per heavy atom. The van der Waals surface area contributed by atoms with Gasteiger partial charge in [-0.2, -0.15) is 0 Å². The van der Waals surface area contributed by atoms with E-state index >= 15 is 0 Å². The molecule has 0 fully saturated rings. The molecular formula is C25H25N5O3S. The average Bonchev–Trinajstić information content (AvgIpc) is 2.85. The summed E-state index contributed by atoms with van der Waals surface area (Å²) in [6.07, 6.45) is 0.730. The fraction of sp³-hybridized carbons (Fsp3) is 0.240. The summed E-state index contributed by atoms with van der Waals surface area (Å²) in [6.45, 7) is 2.48. The molecule has 0 saturated heterocycles. The van der Waals surface area contributed by atoms with Crippen molar-refractivity contribution in [1.29, 1.82) is 0 Å². The van der Waals surface area contributed by atoms with Gasteiger partial charge in [0.1, 0.15) is 10.4 Å². The molecule has 2 heterocycles. The predicted molar refractivity (Wildman–Crippen MR) is 134 cm³/mol. The van der Waals surface area contributed by atoms with Crippen molar-refractivity contribution < 1.29 is 4.79 Å².